The number of fused-ring (bicyclic) bond motifs is 3. The molecule has 0 bridgehead atoms. The van der Waals surface area contributed by atoms with E-state index in [1.807, 2.05) is 54.6 Å². The molecule has 8 heteroatoms. The van der Waals surface area contributed by atoms with E-state index in [0.29, 0.717) is 56.2 Å². The summed E-state index contributed by atoms with van der Waals surface area (Å²) in [5.41, 5.74) is 14.6. The highest BCUT2D eigenvalue weighted by atomic mass is 15.1. The predicted molar refractivity (Wildman–Crippen MR) is 277 cm³/mol. The minimum absolute atomic E-state index is 0.329. The van der Waals surface area contributed by atoms with Crippen LogP contribution in [-0.2, 0) is 0 Å². The lowest BCUT2D eigenvalue weighted by atomic mass is 9.91. The van der Waals surface area contributed by atoms with Crippen LogP contribution in [0.1, 0.15) is 22.3 Å². The average Bonchev–Trinajstić information content (AvgIpc) is 3.77. The van der Waals surface area contributed by atoms with Crippen molar-refractivity contribution in [1.29, 1.82) is 21.0 Å². The maximum atomic E-state index is 10.6. The van der Waals surface area contributed by atoms with E-state index in [1.165, 1.54) is 5.39 Å². The van der Waals surface area contributed by atoms with Crippen molar-refractivity contribution >= 4 is 38.9 Å². The number of para-hydroxylation sites is 3. The van der Waals surface area contributed by atoms with Gasteiger partial charge in [0.2, 0.25) is 0 Å². The molecule has 2 heterocycles. The van der Waals surface area contributed by atoms with Crippen molar-refractivity contribution in [2.24, 2.45) is 0 Å². The fourth-order valence-corrected chi connectivity index (χ4v) is 9.17. The molecule has 2 aromatic heterocycles. The van der Waals surface area contributed by atoms with Crippen LogP contribution in [0.15, 0.2) is 218 Å². The predicted octanol–water partition coefficient (Wildman–Crippen LogP) is 14.9. The van der Waals surface area contributed by atoms with E-state index in [9.17, 15) is 21.0 Å². The van der Waals surface area contributed by atoms with Gasteiger partial charge in [-0.1, -0.05) is 103 Å². The summed E-state index contributed by atoms with van der Waals surface area (Å²) in [5.74, 6) is 0.407. The molecule has 0 N–H and O–H groups in total. The standard InChI is InChI=1S/C62H36N8/c63-37-41-15-19-45(20-16-41)57-36-58(68-62(67-57)47-21-17-42(38-64)18-22-47)48-33-49(39-65)61(50(34-48)40-66)46-25-23-43(24-26-46)44-27-29-53(30-28-44)70-59-14-8-7-13-55(59)56-35-54(31-32-60(56)70)69(51-9-3-1-4-10-51)52-11-5-2-6-12-52/h1-36H. The van der Waals surface area contributed by atoms with Gasteiger partial charge in [-0.05, 0) is 132 Å². The summed E-state index contributed by atoms with van der Waals surface area (Å²) >= 11 is 0. The number of nitrogens with zero attached hydrogens (tertiary/aromatic N) is 8. The molecule has 324 valence electrons. The number of anilines is 3. The van der Waals surface area contributed by atoms with Crippen LogP contribution in [-0.4, -0.2) is 14.5 Å². The first-order valence-corrected chi connectivity index (χ1v) is 22.5. The van der Waals surface area contributed by atoms with Crippen molar-refractivity contribution in [2.45, 2.75) is 0 Å². The second-order valence-corrected chi connectivity index (χ2v) is 16.7. The fraction of sp³-hybridized carbons (Fsp3) is 0. The second-order valence-electron chi connectivity index (χ2n) is 16.7. The molecular formula is C62H36N8. The van der Waals surface area contributed by atoms with Crippen LogP contribution < -0.4 is 4.90 Å². The molecule has 8 nitrogen and oxygen atoms in total. The Labute approximate surface area is 404 Å². The highest BCUT2D eigenvalue weighted by Crippen LogP contribution is 2.40. The molecule has 0 saturated carbocycles. The molecule has 0 aliphatic heterocycles. The Morgan fingerprint density at radius 3 is 1.41 bits per heavy atom. The minimum Gasteiger partial charge on any atom is -0.310 e. The Bertz CT molecular complexity index is 3790. The second kappa shape index (κ2) is 18.1. The number of nitriles is 4. The number of aromatic nitrogens is 3. The Kier molecular flexibility index (Phi) is 10.9. The van der Waals surface area contributed by atoms with Crippen LogP contribution in [0, 0.1) is 45.3 Å². The molecule has 0 fully saturated rings. The van der Waals surface area contributed by atoms with Gasteiger partial charge < -0.3 is 9.47 Å². The van der Waals surface area contributed by atoms with Crippen LogP contribution in [0.3, 0.4) is 0 Å². The fourth-order valence-electron chi connectivity index (χ4n) is 9.17. The molecule has 9 aromatic carbocycles. The van der Waals surface area contributed by atoms with Crippen molar-refractivity contribution in [2.75, 3.05) is 4.90 Å². The van der Waals surface area contributed by atoms with Crippen molar-refractivity contribution in [1.82, 2.24) is 14.5 Å². The third-order valence-corrected chi connectivity index (χ3v) is 12.6. The summed E-state index contributed by atoms with van der Waals surface area (Å²) in [5, 5.41) is 42.3. The smallest absolute Gasteiger partial charge is 0.160 e. The zero-order chi connectivity index (χ0) is 47.6. The van der Waals surface area contributed by atoms with Gasteiger partial charge in [0.1, 0.15) is 0 Å². The summed E-state index contributed by atoms with van der Waals surface area (Å²) in [6.45, 7) is 0. The molecule has 0 spiro atoms. The maximum absolute atomic E-state index is 10.6. The highest BCUT2D eigenvalue weighted by molar-refractivity contribution is 6.10. The van der Waals surface area contributed by atoms with Crippen molar-refractivity contribution < 1.29 is 0 Å². The van der Waals surface area contributed by atoms with Gasteiger partial charge in [0.25, 0.3) is 0 Å². The average molecular weight is 893 g/mol. The Balaban J connectivity index is 0.918. The molecule has 0 amide bonds. The number of rotatable bonds is 9. The summed E-state index contributed by atoms with van der Waals surface area (Å²) in [7, 11) is 0. The maximum Gasteiger partial charge on any atom is 0.160 e. The third-order valence-electron chi connectivity index (χ3n) is 12.6. The van der Waals surface area contributed by atoms with Gasteiger partial charge in [-0.25, -0.2) is 9.97 Å². The van der Waals surface area contributed by atoms with Crippen LogP contribution in [0.4, 0.5) is 17.1 Å². The van der Waals surface area contributed by atoms with Gasteiger partial charge in [-0.2, -0.15) is 21.0 Å². The van der Waals surface area contributed by atoms with E-state index >= 15 is 0 Å². The third kappa shape index (κ3) is 7.83. The van der Waals surface area contributed by atoms with E-state index in [4.69, 9.17) is 9.97 Å². The SMILES string of the molecule is N#Cc1ccc(-c2cc(-c3cc(C#N)c(-c4ccc(-c5ccc(-n6c7ccccc7c7cc(N(c8ccccc8)c8ccccc8)ccc76)cc5)cc4)c(C#N)c3)nc(-c3ccc(C#N)cc3)n2)cc1. The summed E-state index contributed by atoms with van der Waals surface area (Å²) in [6, 6.07) is 81.0. The Morgan fingerprint density at radius 1 is 0.357 bits per heavy atom. The van der Waals surface area contributed by atoms with Crippen LogP contribution in [0.5, 0.6) is 0 Å². The molecule has 70 heavy (non-hydrogen) atoms. The largest absolute Gasteiger partial charge is 0.310 e. The Hall–Kier alpha value is -10.4. The first-order chi connectivity index (χ1) is 34.5. The number of hydrogen-bond donors (Lipinski definition) is 0. The van der Waals surface area contributed by atoms with Crippen molar-refractivity contribution in [3.63, 3.8) is 0 Å². The quantitative estimate of drug-likeness (QED) is 0.141. The lowest BCUT2D eigenvalue weighted by Gasteiger charge is -2.25. The molecule has 11 rings (SSSR count). The van der Waals surface area contributed by atoms with Gasteiger partial charge in [0, 0.05) is 55.8 Å². The summed E-state index contributed by atoms with van der Waals surface area (Å²) in [6.07, 6.45) is 0. The zero-order valence-corrected chi connectivity index (χ0v) is 37.4. The molecular weight excluding hydrogens is 857 g/mol. The van der Waals surface area contributed by atoms with E-state index in [2.05, 4.69) is 149 Å². The topological polar surface area (TPSA) is 129 Å². The Morgan fingerprint density at radius 2 is 0.843 bits per heavy atom. The van der Waals surface area contributed by atoms with Crippen LogP contribution >= 0.6 is 0 Å². The number of hydrogen-bond acceptors (Lipinski definition) is 7. The molecule has 0 radical (unpaired) electrons. The first kappa shape index (κ1) is 42.3. The lowest BCUT2D eigenvalue weighted by molar-refractivity contribution is 1.18. The first-order valence-electron chi connectivity index (χ1n) is 22.5. The molecule has 11 aromatic rings. The van der Waals surface area contributed by atoms with Gasteiger partial charge in [0.15, 0.2) is 5.82 Å². The molecule has 0 unspecified atom stereocenters. The molecule has 0 saturated heterocycles. The zero-order valence-electron chi connectivity index (χ0n) is 37.4. The number of benzene rings is 9. The van der Waals surface area contributed by atoms with Gasteiger partial charge >= 0.3 is 0 Å². The van der Waals surface area contributed by atoms with Gasteiger partial charge in [0.05, 0.1) is 69.0 Å². The van der Waals surface area contributed by atoms with E-state index in [1.54, 1.807) is 48.5 Å². The molecule has 0 aliphatic rings. The monoisotopic (exact) mass is 892 g/mol. The molecule has 0 aliphatic carbocycles. The van der Waals surface area contributed by atoms with Crippen LogP contribution in [0.25, 0.3) is 83.6 Å². The normalized spacial score (nSPS) is 10.8. The van der Waals surface area contributed by atoms with Crippen molar-refractivity contribution in [3.05, 3.63) is 241 Å². The van der Waals surface area contributed by atoms with E-state index < -0.39 is 0 Å². The highest BCUT2D eigenvalue weighted by Gasteiger charge is 2.20. The van der Waals surface area contributed by atoms with Gasteiger partial charge in [-0.15, -0.1) is 0 Å². The van der Waals surface area contributed by atoms with Gasteiger partial charge in [-0.3, -0.25) is 0 Å². The van der Waals surface area contributed by atoms with Crippen LogP contribution in [0.2, 0.25) is 0 Å². The summed E-state index contributed by atoms with van der Waals surface area (Å²) in [4.78, 5) is 12.0. The van der Waals surface area contributed by atoms with E-state index in [-0.39, 0.29) is 0 Å². The molecule has 0 atom stereocenters. The summed E-state index contributed by atoms with van der Waals surface area (Å²) < 4.78 is 2.32. The lowest BCUT2D eigenvalue weighted by Crippen LogP contribution is -2.09. The van der Waals surface area contributed by atoms with E-state index in [0.717, 1.165) is 61.4 Å². The minimum atomic E-state index is 0.329. The van der Waals surface area contributed by atoms with Crippen molar-refractivity contribution in [3.8, 4) is 86.1 Å².